The molecule has 166 valence electrons. The lowest BCUT2D eigenvalue weighted by molar-refractivity contribution is -0.274. The molecule has 32 heavy (non-hydrogen) atoms. The third kappa shape index (κ3) is 5.01. The highest BCUT2D eigenvalue weighted by Gasteiger charge is 2.31. The molecule has 1 aliphatic heterocycles. The fourth-order valence-corrected chi connectivity index (χ4v) is 3.96. The highest BCUT2D eigenvalue weighted by molar-refractivity contribution is 5.89. The van der Waals surface area contributed by atoms with Gasteiger partial charge in [0.1, 0.15) is 11.5 Å². The number of aryl methyl sites for hydroxylation is 1. The highest BCUT2D eigenvalue weighted by Crippen LogP contribution is 2.39. The summed E-state index contributed by atoms with van der Waals surface area (Å²) in [6.45, 7) is 0.540. The van der Waals surface area contributed by atoms with Crippen LogP contribution in [-0.2, 0) is 6.42 Å². The number of carboxylic acids is 1. The van der Waals surface area contributed by atoms with Crippen LogP contribution in [0.1, 0.15) is 40.2 Å². The van der Waals surface area contributed by atoms with Crippen molar-refractivity contribution in [3.63, 3.8) is 0 Å². The fourth-order valence-electron chi connectivity index (χ4n) is 3.96. The maximum absolute atomic E-state index is 12.4. The number of hydrogen-bond donors (Lipinski definition) is 1. The number of aromatic carboxylic acids is 1. The van der Waals surface area contributed by atoms with Gasteiger partial charge in [-0.1, -0.05) is 24.3 Å². The predicted octanol–water partition coefficient (Wildman–Crippen LogP) is 5.84. The summed E-state index contributed by atoms with van der Waals surface area (Å²) < 4.78 is 46.8. The Kier molecular flexibility index (Phi) is 6.03. The number of aromatic nitrogens is 1. The molecule has 0 saturated heterocycles. The Bertz CT molecular complexity index is 1110. The molecule has 0 amide bonds. The molecule has 0 bridgehead atoms. The van der Waals surface area contributed by atoms with Crippen LogP contribution in [0.5, 0.6) is 11.5 Å². The Balaban J connectivity index is 1.50. The van der Waals surface area contributed by atoms with Crippen molar-refractivity contribution in [2.24, 2.45) is 0 Å². The Morgan fingerprint density at radius 1 is 1.12 bits per heavy atom. The molecule has 5 nitrogen and oxygen atoms in total. The first-order chi connectivity index (χ1) is 15.3. The van der Waals surface area contributed by atoms with E-state index in [2.05, 4.69) is 9.72 Å². The van der Waals surface area contributed by atoms with E-state index in [1.807, 2.05) is 18.2 Å². The van der Waals surface area contributed by atoms with Crippen molar-refractivity contribution in [3.05, 3.63) is 77.6 Å². The zero-order valence-electron chi connectivity index (χ0n) is 16.9. The number of rotatable bonds is 6. The third-order valence-corrected chi connectivity index (χ3v) is 5.49. The number of halogens is 3. The molecular formula is C24H20F3NO4. The molecule has 1 aromatic heterocycles. The van der Waals surface area contributed by atoms with Crippen molar-refractivity contribution in [2.75, 3.05) is 6.61 Å². The third-order valence-electron chi connectivity index (χ3n) is 5.49. The van der Waals surface area contributed by atoms with Gasteiger partial charge in [0.2, 0.25) is 0 Å². The molecular weight excluding hydrogens is 423 g/mol. The summed E-state index contributed by atoms with van der Waals surface area (Å²) in [4.78, 5) is 15.5. The number of ether oxygens (including phenoxy) is 2. The van der Waals surface area contributed by atoms with E-state index in [0.717, 1.165) is 35.3 Å². The van der Waals surface area contributed by atoms with Gasteiger partial charge in [-0.2, -0.15) is 0 Å². The van der Waals surface area contributed by atoms with Gasteiger partial charge in [0, 0.05) is 12.4 Å². The largest absolute Gasteiger partial charge is 0.573 e. The highest BCUT2D eigenvalue weighted by atomic mass is 19.4. The number of carbonyl (C=O) groups is 1. The molecule has 0 aliphatic carbocycles. The quantitative estimate of drug-likeness (QED) is 0.518. The Labute approximate surface area is 182 Å². The summed E-state index contributed by atoms with van der Waals surface area (Å²) in [6, 6.07) is 13.0. The summed E-state index contributed by atoms with van der Waals surface area (Å²) in [5.74, 6) is -0.297. The van der Waals surface area contributed by atoms with Crippen molar-refractivity contribution < 1.29 is 32.5 Å². The van der Waals surface area contributed by atoms with E-state index >= 15 is 0 Å². The second-order valence-corrected chi connectivity index (χ2v) is 7.54. The molecule has 2 heterocycles. The first-order valence-corrected chi connectivity index (χ1v) is 10.1. The standard InChI is InChI=1S/C24H20F3NO4/c25-24(26,27)32-19-6-3-15(4-7-19)17-5-8-20-16(10-12-31-22(20)13-17)1-2-18-14-28-11-9-21(18)23(29)30/h3-9,11,13-14,16H,1-2,10,12H2,(H,29,30)/t16-/m0/s1. The first kappa shape index (κ1) is 21.7. The summed E-state index contributed by atoms with van der Waals surface area (Å²) in [5, 5.41) is 9.36. The Morgan fingerprint density at radius 3 is 2.59 bits per heavy atom. The SMILES string of the molecule is O=C(O)c1ccncc1CC[C@H]1CCOc2cc(-c3ccc(OC(F)(F)F)cc3)ccc21. The van der Waals surface area contributed by atoms with Crippen LogP contribution in [0.3, 0.4) is 0 Å². The van der Waals surface area contributed by atoms with Gasteiger partial charge in [0.05, 0.1) is 12.2 Å². The molecule has 4 rings (SSSR count). The molecule has 3 aromatic rings. The maximum Gasteiger partial charge on any atom is 0.573 e. The maximum atomic E-state index is 12.4. The molecule has 0 fully saturated rings. The Morgan fingerprint density at radius 2 is 1.88 bits per heavy atom. The number of pyridine rings is 1. The minimum absolute atomic E-state index is 0.206. The smallest absolute Gasteiger partial charge is 0.493 e. The summed E-state index contributed by atoms with van der Waals surface area (Å²) in [6.07, 6.45) is 0.502. The zero-order chi connectivity index (χ0) is 22.7. The Hall–Kier alpha value is -3.55. The van der Waals surface area contributed by atoms with Crippen LogP contribution in [0.15, 0.2) is 60.9 Å². The van der Waals surface area contributed by atoms with Gasteiger partial charge in [0.25, 0.3) is 0 Å². The number of fused-ring (bicyclic) bond motifs is 1. The molecule has 1 atom stereocenters. The molecule has 0 saturated carbocycles. The summed E-state index contributed by atoms with van der Waals surface area (Å²) in [7, 11) is 0. The van der Waals surface area contributed by atoms with Crippen molar-refractivity contribution in [2.45, 2.75) is 31.5 Å². The minimum atomic E-state index is -4.72. The molecule has 0 spiro atoms. The molecule has 0 radical (unpaired) electrons. The van der Waals surface area contributed by atoms with Gasteiger partial charge in [-0.3, -0.25) is 4.98 Å². The molecule has 1 N–H and O–H groups in total. The van der Waals surface area contributed by atoms with Crippen molar-refractivity contribution in [3.8, 4) is 22.6 Å². The van der Waals surface area contributed by atoms with Gasteiger partial charge in [-0.05, 0) is 71.7 Å². The van der Waals surface area contributed by atoms with Crippen LogP contribution < -0.4 is 9.47 Å². The van der Waals surface area contributed by atoms with Crippen LogP contribution in [0.2, 0.25) is 0 Å². The van der Waals surface area contributed by atoms with Gasteiger partial charge < -0.3 is 14.6 Å². The average molecular weight is 443 g/mol. The molecule has 1 aliphatic rings. The lowest BCUT2D eigenvalue weighted by atomic mass is 9.86. The van der Waals surface area contributed by atoms with E-state index in [1.54, 1.807) is 18.3 Å². The van der Waals surface area contributed by atoms with Crippen LogP contribution in [0.25, 0.3) is 11.1 Å². The lowest BCUT2D eigenvalue weighted by Crippen LogP contribution is -2.17. The number of alkyl halides is 3. The fraction of sp³-hybridized carbons (Fsp3) is 0.250. The average Bonchev–Trinajstić information content (AvgIpc) is 2.77. The van der Waals surface area contributed by atoms with Gasteiger partial charge in [-0.15, -0.1) is 13.2 Å². The predicted molar refractivity (Wildman–Crippen MR) is 111 cm³/mol. The normalized spacial score (nSPS) is 15.5. The second kappa shape index (κ2) is 8.90. The summed E-state index contributed by atoms with van der Waals surface area (Å²) >= 11 is 0. The van der Waals surface area contributed by atoms with Crippen LogP contribution in [-0.4, -0.2) is 29.0 Å². The van der Waals surface area contributed by atoms with E-state index in [9.17, 15) is 23.1 Å². The van der Waals surface area contributed by atoms with Gasteiger partial charge in [0.15, 0.2) is 0 Å². The molecule has 2 aromatic carbocycles. The van der Waals surface area contributed by atoms with E-state index in [-0.39, 0.29) is 17.2 Å². The van der Waals surface area contributed by atoms with Crippen molar-refractivity contribution in [1.29, 1.82) is 0 Å². The van der Waals surface area contributed by atoms with E-state index in [0.29, 0.717) is 18.6 Å². The topological polar surface area (TPSA) is 68.7 Å². The lowest BCUT2D eigenvalue weighted by Gasteiger charge is -2.26. The monoisotopic (exact) mass is 443 g/mol. The van der Waals surface area contributed by atoms with Crippen molar-refractivity contribution in [1.82, 2.24) is 4.98 Å². The first-order valence-electron chi connectivity index (χ1n) is 10.1. The zero-order valence-corrected chi connectivity index (χ0v) is 16.9. The van der Waals surface area contributed by atoms with Crippen LogP contribution in [0, 0.1) is 0 Å². The van der Waals surface area contributed by atoms with Gasteiger partial charge >= 0.3 is 12.3 Å². The number of carboxylic acid groups (broad SMARTS) is 1. The number of hydrogen-bond acceptors (Lipinski definition) is 4. The van der Waals surface area contributed by atoms with Crippen LogP contribution >= 0.6 is 0 Å². The van der Waals surface area contributed by atoms with Crippen LogP contribution in [0.4, 0.5) is 13.2 Å². The minimum Gasteiger partial charge on any atom is -0.493 e. The number of benzene rings is 2. The summed E-state index contributed by atoms with van der Waals surface area (Å²) in [5.41, 5.74) is 3.57. The second-order valence-electron chi connectivity index (χ2n) is 7.54. The van der Waals surface area contributed by atoms with E-state index < -0.39 is 12.3 Å². The molecule has 0 unspecified atom stereocenters. The van der Waals surface area contributed by atoms with Crippen molar-refractivity contribution >= 4 is 5.97 Å². The number of nitrogens with zero attached hydrogens (tertiary/aromatic N) is 1. The molecule has 8 heteroatoms. The van der Waals surface area contributed by atoms with E-state index in [4.69, 9.17) is 4.74 Å². The van der Waals surface area contributed by atoms with E-state index in [1.165, 1.54) is 24.4 Å². The van der Waals surface area contributed by atoms with Gasteiger partial charge in [-0.25, -0.2) is 4.79 Å².